The maximum Gasteiger partial charge on any atom is 0.416 e. The van der Waals surface area contributed by atoms with Gasteiger partial charge in [0, 0.05) is 23.9 Å². The molecule has 8 heteroatoms. The van der Waals surface area contributed by atoms with Gasteiger partial charge in [0.1, 0.15) is 23.8 Å². The molecular formula is C18H14F4N4. The lowest BCUT2D eigenvalue weighted by Gasteiger charge is -2.10. The van der Waals surface area contributed by atoms with Crippen LogP contribution in [0.5, 0.6) is 0 Å². The molecule has 0 amide bonds. The number of hydrogen-bond acceptors (Lipinski definition) is 4. The van der Waals surface area contributed by atoms with E-state index in [-0.39, 0.29) is 12.4 Å². The first-order valence-corrected chi connectivity index (χ1v) is 7.65. The normalized spacial score (nSPS) is 11.2. The highest BCUT2D eigenvalue weighted by atomic mass is 19.4. The molecule has 2 N–H and O–H groups in total. The van der Waals surface area contributed by atoms with Crippen molar-refractivity contribution >= 4 is 17.3 Å². The minimum absolute atomic E-state index is 0.239. The number of alkyl halides is 3. The molecule has 1 aromatic heterocycles. The maximum absolute atomic E-state index is 13.6. The molecule has 0 aliphatic rings. The molecule has 1 heterocycles. The summed E-state index contributed by atoms with van der Waals surface area (Å²) in [5.41, 5.74) is 0.220. The second-order valence-corrected chi connectivity index (χ2v) is 5.43. The van der Waals surface area contributed by atoms with Crippen molar-refractivity contribution in [1.82, 2.24) is 9.97 Å². The number of aromatic nitrogens is 2. The largest absolute Gasteiger partial charge is 0.416 e. The van der Waals surface area contributed by atoms with Gasteiger partial charge in [-0.2, -0.15) is 13.2 Å². The Morgan fingerprint density at radius 2 is 1.58 bits per heavy atom. The number of hydrogen-bond donors (Lipinski definition) is 2. The van der Waals surface area contributed by atoms with E-state index >= 15 is 0 Å². The van der Waals surface area contributed by atoms with E-state index in [1.807, 2.05) is 0 Å². The number of nitrogens with zero attached hydrogens (tertiary/aromatic N) is 2. The van der Waals surface area contributed by atoms with E-state index in [0.29, 0.717) is 22.9 Å². The Morgan fingerprint density at radius 1 is 0.885 bits per heavy atom. The molecule has 0 aliphatic heterocycles. The highest BCUT2D eigenvalue weighted by Crippen LogP contribution is 2.30. The van der Waals surface area contributed by atoms with E-state index in [2.05, 4.69) is 20.6 Å². The predicted octanol–water partition coefficient (Wildman–Crippen LogP) is 4.99. The fraction of sp³-hybridized carbons (Fsp3) is 0.111. The molecule has 0 unspecified atom stereocenters. The standard InChI is InChI=1S/C18H14F4N4/c19-15-4-2-1-3-12(15)10-23-16-9-17(25-11-24-16)26-14-7-5-13(6-8-14)18(20,21)22/h1-9,11H,10H2,(H2,23,24,25,26). The summed E-state index contributed by atoms with van der Waals surface area (Å²) >= 11 is 0. The minimum atomic E-state index is -4.38. The monoisotopic (exact) mass is 362 g/mol. The van der Waals surface area contributed by atoms with Gasteiger partial charge in [-0.05, 0) is 30.3 Å². The lowest BCUT2D eigenvalue weighted by atomic mass is 10.2. The predicted molar refractivity (Wildman–Crippen MR) is 90.5 cm³/mol. The second kappa shape index (κ2) is 7.38. The number of benzene rings is 2. The van der Waals surface area contributed by atoms with Gasteiger partial charge in [0.25, 0.3) is 0 Å². The molecule has 3 rings (SSSR count). The van der Waals surface area contributed by atoms with Gasteiger partial charge in [-0.15, -0.1) is 0 Å². The summed E-state index contributed by atoms with van der Waals surface area (Å²) in [6.45, 7) is 0.239. The molecule has 0 spiro atoms. The van der Waals surface area contributed by atoms with Crippen molar-refractivity contribution in [3.8, 4) is 0 Å². The van der Waals surface area contributed by atoms with Gasteiger partial charge in [-0.1, -0.05) is 18.2 Å². The van der Waals surface area contributed by atoms with Crippen LogP contribution < -0.4 is 10.6 Å². The molecule has 0 fully saturated rings. The van der Waals surface area contributed by atoms with Crippen LogP contribution in [-0.4, -0.2) is 9.97 Å². The Labute approximate surface area is 146 Å². The van der Waals surface area contributed by atoms with Crippen molar-refractivity contribution in [1.29, 1.82) is 0 Å². The smallest absolute Gasteiger partial charge is 0.366 e. The Bertz CT molecular complexity index is 879. The van der Waals surface area contributed by atoms with Crippen LogP contribution in [0.3, 0.4) is 0 Å². The van der Waals surface area contributed by atoms with Crippen LogP contribution in [0.4, 0.5) is 34.9 Å². The van der Waals surface area contributed by atoms with Crippen LogP contribution in [0.15, 0.2) is 60.9 Å². The van der Waals surface area contributed by atoms with Crippen LogP contribution in [0.1, 0.15) is 11.1 Å². The Morgan fingerprint density at radius 3 is 2.27 bits per heavy atom. The molecule has 26 heavy (non-hydrogen) atoms. The van der Waals surface area contributed by atoms with E-state index in [0.717, 1.165) is 12.1 Å². The molecule has 0 saturated carbocycles. The van der Waals surface area contributed by atoms with Gasteiger partial charge < -0.3 is 10.6 Å². The summed E-state index contributed by atoms with van der Waals surface area (Å²) in [4.78, 5) is 8.06. The molecule has 0 aliphatic carbocycles. The molecule has 0 atom stereocenters. The van der Waals surface area contributed by atoms with Crippen LogP contribution in [0, 0.1) is 5.82 Å². The summed E-state index contributed by atoms with van der Waals surface area (Å²) in [6, 6.07) is 12.6. The Hall–Kier alpha value is -3.16. The van der Waals surface area contributed by atoms with Gasteiger partial charge in [-0.25, -0.2) is 14.4 Å². The van der Waals surface area contributed by atoms with E-state index in [1.165, 1.54) is 24.5 Å². The zero-order valence-corrected chi connectivity index (χ0v) is 13.4. The van der Waals surface area contributed by atoms with Crippen LogP contribution in [0.2, 0.25) is 0 Å². The zero-order valence-electron chi connectivity index (χ0n) is 13.4. The molecule has 0 bridgehead atoms. The van der Waals surface area contributed by atoms with Gasteiger partial charge in [-0.3, -0.25) is 0 Å². The molecule has 0 radical (unpaired) electrons. The summed E-state index contributed by atoms with van der Waals surface area (Å²) in [6.07, 6.45) is -3.08. The highest BCUT2D eigenvalue weighted by Gasteiger charge is 2.29. The van der Waals surface area contributed by atoms with Crippen LogP contribution >= 0.6 is 0 Å². The summed E-state index contributed by atoms with van der Waals surface area (Å²) < 4.78 is 51.3. The van der Waals surface area contributed by atoms with Gasteiger partial charge in [0.2, 0.25) is 0 Å². The SMILES string of the molecule is Fc1ccccc1CNc1cc(Nc2ccc(C(F)(F)F)cc2)ncn1. The average molecular weight is 362 g/mol. The first-order chi connectivity index (χ1) is 12.4. The van der Waals surface area contributed by atoms with Crippen molar-refractivity contribution < 1.29 is 17.6 Å². The lowest BCUT2D eigenvalue weighted by Crippen LogP contribution is -2.05. The summed E-state index contributed by atoms with van der Waals surface area (Å²) in [5, 5.41) is 5.88. The maximum atomic E-state index is 13.6. The molecule has 4 nitrogen and oxygen atoms in total. The minimum Gasteiger partial charge on any atom is -0.366 e. The first-order valence-electron chi connectivity index (χ1n) is 7.65. The molecular weight excluding hydrogens is 348 g/mol. The summed E-state index contributed by atoms with van der Waals surface area (Å²) in [5.74, 6) is 0.533. The van der Waals surface area contributed by atoms with Gasteiger partial charge in [0.05, 0.1) is 5.56 Å². The third kappa shape index (κ3) is 4.47. The van der Waals surface area contributed by atoms with Crippen molar-refractivity contribution in [2.45, 2.75) is 12.7 Å². The Balaban J connectivity index is 1.66. The summed E-state index contributed by atoms with van der Waals surface area (Å²) in [7, 11) is 0. The highest BCUT2D eigenvalue weighted by molar-refractivity contribution is 5.59. The topological polar surface area (TPSA) is 49.8 Å². The quantitative estimate of drug-likeness (QED) is 0.628. The van der Waals surface area contributed by atoms with E-state index in [4.69, 9.17) is 0 Å². The molecule has 134 valence electrons. The number of nitrogens with one attached hydrogen (secondary N) is 2. The number of rotatable bonds is 5. The third-order valence-electron chi connectivity index (χ3n) is 3.57. The second-order valence-electron chi connectivity index (χ2n) is 5.43. The van der Waals surface area contributed by atoms with Crippen molar-refractivity contribution in [2.75, 3.05) is 10.6 Å². The van der Waals surface area contributed by atoms with Crippen molar-refractivity contribution in [2.24, 2.45) is 0 Å². The van der Waals surface area contributed by atoms with E-state index < -0.39 is 11.7 Å². The first kappa shape index (κ1) is 17.7. The lowest BCUT2D eigenvalue weighted by molar-refractivity contribution is -0.137. The number of halogens is 4. The van der Waals surface area contributed by atoms with Crippen molar-refractivity contribution in [3.63, 3.8) is 0 Å². The van der Waals surface area contributed by atoms with Crippen molar-refractivity contribution in [3.05, 3.63) is 77.9 Å². The zero-order chi connectivity index (χ0) is 18.6. The molecule has 0 saturated heterocycles. The number of anilines is 3. The third-order valence-corrected chi connectivity index (χ3v) is 3.57. The fourth-order valence-corrected chi connectivity index (χ4v) is 2.24. The van der Waals surface area contributed by atoms with Gasteiger partial charge in [0.15, 0.2) is 0 Å². The van der Waals surface area contributed by atoms with E-state index in [9.17, 15) is 17.6 Å². The molecule has 3 aromatic rings. The average Bonchev–Trinajstić information content (AvgIpc) is 2.61. The van der Waals surface area contributed by atoms with Crippen LogP contribution in [-0.2, 0) is 12.7 Å². The molecule has 2 aromatic carbocycles. The Kier molecular flexibility index (Phi) is 5.01. The fourth-order valence-electron chi connectivity index (χ4n) is 2.24. The van der Waals surface area contributed by atoms with E-state index in [1.54, 1.807) is 24.3 Å². The van der Waals surface area contributed by atoms with Crippen LogP contribution in [0.25, 0.3) is 0 Å². The van der Waals surface area contributed by atoms with Gasteiger partial charge >= 0.3 is 6.18 Å².